The average molecular weight is 295 g/mol. The summed E-state index contributed by atoms with van der Waals surface area (Å²) in [5.74, 6) is -0.100. The van der Waals surface area contributed by atoms with E-state index in [4.69, 9.17) is 4.74 Å². The van der Waals surface area contributed by atoms with Gasteiger partial charge in [0, 0.05) is 38.9 Å². The Balaban J connectivity index is 2.38. The lowest BCUT2D eigenvalue weighted by atomic mass is 10.2. The van der Waals surface area contributed by atoms with Gasteiger partial charge in [-0.1, -0.05) is 12.1 Å². The molecule has 0 radical (unpaired) electrons. The monoisotopic (exact) mass is 295 g/mol. The van der Waals surface area contributed by atoms with E-state index in [1.54, 1.807) is 26.2 Å². The van der Waals surface area contributed by atoms with Crippen molar-refractivity contribution in [3.63, 3.8) is 0 Å². The molecule has 0 heterocycles. The lowest BCUT2D eigenvalue weighted by Gasteiger charge is -2.14. The molecule has 0 spiro atoms. The summed E-state index contributed by atoms with van der Waals surface area (Å²) in [7, 11) is 1.62. The summed E-state index contributed by atoms with van der Waals surface area (Å²) in [5.41, 5.74) is 0.814. The Bertz CT molecular complexity index is 479. The van der Waals surface area contributed by atoms with Crippen molar-refractivity contribution in [3.05, 3.63) is 39.9 Å². The van der Waals surface area contributed by atoms with Crippen LogP contribution in [0.2, 0.25) is 0 Å². The molecule has 21 heavy (non-hydrogen) atoms. The molecule has 0 saturated heterocycles. The zero-order valence-corrected chi connectivity index (χ0v) is 12.3. The van der Waals surface area contributed by atoms with Crippen molar-refractivity contribution in [2.75, 3.05) is 20.3 Å². The Labute approximate surface area is 123 Å². The van der Waals surface area contributed by atoms with Gasteiger partial charge in [-0.25, -0.2) is 0 Å². The highest BCUT2D eigenvalue weighted by Crippen LogP contribution is 2.12. The first-order valence-corrected chi connectivity index (χ1v) is 6.78. The van der Waals surface area contributed by atoms with Crippen LogP contribution >= 0.6 is 0 Å². The van der Waals surface area contributed by atoms with Crippen molar-refractivity contribution in [1.82, 2.24) is 10.6 Å². The molecule has 0 aliphatic rings. The smallest absolute Gasteiger partial charge is 0.269 e. The molecule has 0 fully saturated rings. The fourth-order valence-electron chi connectivity index (χ4n) is 1.72. The highest BCUT2D eigenvalue weighted by Gasteiger charge is 2.12. The van der Waals surface area contributed by atoms with Crippen molar-refractivity contribution < 1.29 is 14.5 Å². The van der Waals surface area contributed by atoms with E-state index in [1.165, 1.54) is 12.1 Å². The summed E-state index contributed by atoms with van der Waals surface area (Å²) < 4.78 is 4.90. The predicted octanol–water partition coefficient (Wildman–Crippen LogP) is 1.23. The molecule has 0 aliphatic heterocycles. The van der Waals surface area contributed by atoms with Crippen molar-refractivity contribution in [2.24, 2.45) is 0 Å². The van der Waals surface area contributed by atoms with E-state index in [0.717, 1.165) is 12.0 Å². The van der Waals surface area contributed by atoms with Gasteiger partial charge in [0.25, 0.3) is 5.69 Å². The minimum atomic E-state index is -0.435. The number of nitro benzene ring substituents is 1. The van der Waals surface area contributed by atoms with Crippen LogP contribution in [0.25, 0.3) is 0 Å². The normalized spacial score (nSPS) is 11.9. The molecule has 0 saturated carbocycles. The van der Waals surface area contributed by atoms with E-state index in [-0.39, 0.29) is 17.6 Å². The third kappa shape index (κ3) is 6.33. The van der Waals surface area contributed by atoms with Gasteiger partial charge in [0.1, 0.15) is 0 Å². The van der Waals surface area contributed by atoms with Crippen LogP contribution in [0.5, 0.6) is 0 Å². The Kier molecular flexibility index (Phi) is 7.34. The van der Waals surface area contributed by atoms with Crippen molar-refractivity contribution >= 4 is 11.6 Å². The van der Waals surface area contributed by atoms with E-state index in [0.29, 0.717) is 19.7 Å². The predicted molar refractivity (Wildman–Crippen MR) is 78.9 cm³/mol. The molecule has 1 amide bonds. The minimum Gasteiger partial charge on any atom is -0.385 e. The number of nitro groups is 1. The van der Waals surface area contributed by atoms with Gasteiger partial charge < -0.3 is 15.4 Å². The summed E-state index contributed by atoms with van der Waals surface area (Å²) in [4.78, 5) is 22.0. The Morgan fingerprint density at radius 2 is 2.24 bits per heavy atom. The maximum atomic E-state index is 11.8. The van der Waals surface area contributed by atoms with Gasteiger partial charge in [-0.2, -0.15) is 0 Å². The van der Waals surface area contributed by atoms with Gasteiger partial charge >= 0.3 is 0 Å². The Morgan fingerprint density at radius 3 is 2.90 bits per heavy atom. The first kappa shape index (κ1) is 17.1. The molecule has 0 aliphatic carbocycles. The maximum Gasteiger partial charge on any atom is 0.269 e. The third-order valence-electron chi connectivity index (χ3n) is 2.95. The number of carbonyl (C=O) groups is 1. The Hall–Kier alpha value is -1.99. The average Bonchev–Trinajstić information content (AvgIpc) is 2.49. The number of nitrogens with one attached hydrogen (secondary N) is 2. The number of hydrogen-bond acceptors (Lipinski definition) is 5. The summed E-state index contributed by atoms with van der Waals surface area (Å²) in [6.45, 7) is 3.32. The van der Waals surface area contributed by atoms with Crippen LogP contribution in [0.4, 0.5) is 5.69 Å². The summed E-state index contributed by atoms with van der Waals surface area (Å²) in [6.07, 6.45) is 0.764. The topological polar surface area (TPSA) is 93.5 Å². The largest absolute Gasteiger partial charge is 0.385 e. The fraction of sp³-hybridized carbons (Fsp3) is 0.500. The SMILES string of the molecule is COCCCNC(=O)C(C)NCc1cccc([N+](=O)[O-])c1. The molecule has 1 aromatic rings. The van der Waals surface area contributed by atoms with Crippen LogP contribution in [0.15, 0.2) is 24.3 Å². The molecule has 116 valence electrons. The van der Waals surface area contributed by atoms with Crippen molar-refractivity contribution in [1.29, 1.82) is 0 Å². The zero-order valence-electron chi connectivity index (χ0n) is 12.3. The van der Waals surface area contributed by atoms with Crippen LogP contribution in [-0.4, -0.2) is 37.1 Å². The lowest BCUT2D eigenvalue weighted by Crippen LogP contribution is -2.42. The van der Waals surface area contributed by atoms with Gasteiger partial charge in [0.15, 0.2) is 0 Å². The van der Waals surface area contributed by atoms with Crippen LogP contribution in [0.1, 0.15) is 18.9 Å². The van der Waals surface area contributed by atoms with E-state index in [2.05, 4.69) is 10.6 Å². The maximum absolute atomic E-state index is 11.8. The van der Waals surface area contributed by atoms with Gasteiger partial charge in [0.2, 0.25) is 5.91 Å². The fourth-order valence-corrected chi connectivity index (χ4v) is 1.72. The van der Waals surface area contributed by atoms with Crippen LogP contribution < -0.4 is 10.6 Å². The number of ether oxygens (including phenoxy) is 1. The summed E-state index contributed by atoms with van der Waals surface area (Å²) in [5, 5.41) is 16.5. The molecule has 0 aromatic heterocycles. The second kappa shape index (κ2) is 9.04. The summed E-state index contributed by atoms with van der Waals surface area (Å²) >= 11 is 0. The van der Waals surface area contributed by atoms with Crippen LogP contribution in [0, 0.1) is 10.1 Å². The molecule has 1 aromatic carbocycles. The first-order chi connectivity index (χ1) is 10.0. The number of carbonyl (C=O) groups excluding carboxylic acids is 1. The highest BCUT2D eigenvalue weighted by molar-refractivity contribution is 5.81. The number of rotatable bonds is 9. The number of hydrogen-bond donors (Lipinski definition) is 2. The van der Waals surface area contributed by atoms with Crippen LogP contribution in [-0.2, 0) is 16.1 Å². The molecule has 0 bridgehead atoms. The molecular formula is C14H21N3O4. The van der Waals surface area contributed by atoms with E-state index in [1.807, 2.05) is 0 Å². The highest BCUT2D eigenvalue weighted by atomic mass is 16.6. The summed E-state index contributed by atoms with van der Waals surface area (Å²) in [6, 6.07) is 5.98. The van der Waals surface area contributed by atoms with Crippen molar-refractivity contribution in [2.45, 2.75) is 25.9 Å². The zero-order chi connectivity index (χ0) is 15.7. The van der Waals surface area contributed by atoms with Crippen molar-refractivity contribution in [3.8, 4) is 0 Å². The van der Waals surface area contributed by atoms with Gasteiger partial charge in [-0.05, 0) is 18.9 Å². The lowest BCUT2D eigenvalue weighted by molar-refractivity contribution is -0.384. The van der Waals surface area contributed by atoms with E-state index < -0.39 is 4.92 Å². The molecule has 2 N–H and O–H groups in total. The van der Waals surface area contributed by atoms with Gasteiger partial charge in [-0.3, -0.25) is 14.9 Å². The number of nitrogens with zero attached hydrogens (tertiary/aromatic N) is 1. The number of non-ortho nitro benzene ring substituents is 1. The molecule has 7 nitrogen and oxygen atoms in total. The van der Waals surface area contributed by atoms with Crippen LogP contribution in [0.3, 0.4) is 0 Å². The molecule has 7 heteroatoms. The quantitative estimate of drug-likeness (QED) is 0.406. The Morgan fingerprint density at radius 1 is 1.48 bits per heavy atom. The first-order valence-electron chi connectivity index (χ1n) is 6.78. The minimum absolute atomic E-state index is 0.0472. The number of methoxy groups -OCH3 is 1. The molecule has 1 atom stereocenters. The third-order valence-corrected chi connectivity index (χ3v) is 2.95. The molecule has 1 unspecified atom stereocenters. The van der Waals surface area contributed by atoms with E-state index in [9.17, 15) is 14.9 Å². The van der Waals surface area contributed by atoms with Gasteiger partial charge in [0.05, 0.1) is 11.0 Å². The van der Waals surface area contributed by atoms with E-state index >= 15 is 0 Å². The number of benzene rings is 1. The second-order valence-corrected chi connectivity index (χ2v) is 4.67. The standard InChI is InChI=1S/C14H21N3O4/c1-11(14(18)15-7-4-8-21-2)16-10-12-5-3-6-13(9-12)17(19)20/h3,5-6,9,11,16H,4,7-8,10H2,1-2H3,(H,15,18). The second-order valence-electron chi connectivity index (χ2n) is 4.67. The molecule has 1 rings (SSSR count). The van der Waals surface area contributed by atoms with Gasteiger partial charge in [-0.15, -0.1) is 0 Å². The molecular weight excluding hydrogens is 274 g/mol. The number of amides is 1.